The SMILES string of the molecule is O=C(c1cc(F)ccc1O)N1CCC2CCCCC2C1. The van der Waals surface area contributed by atoms with Crippen molar-refractivity contribution in [2.24, 2.45) is 11.8 Å². The molecule has 4 heteroatoms. The van der Waals surface area contributed by atoms with Crippen LogP contribution in [-0.4, -0.2) is 29.0 Å². The highest BCUT2D eigenvalue weighted by atomic mass is 19.1. The van der Waals surface area contributed by atoms with Gasteiger partial charge in [-0.15, -0.1) is 0 Å². The Balaban J connectivity index is 1.76. The van der Waals surface area contributed by atoms with E-state index in [0.717, 1.165) is 31.5 Å². The molecule has 0 bridgehead atoms. The van der Waals surface area contributed by atoms with Gasteiger partial charge in [0.1, 0.15) is 11.6 Å². The average Bonchev–Trinajstić information content (AvgIpc) is 2.48. The van der Waals surface area contributed by atoms with Crippen LogP contribution in [0.5, 0.6) is 5.75 Å². The van der Waals surface area contributed by atoms with E-state index < -0.39 is 5.82 Å². The lowest BCUT2D eigenvalue weighted by molar-refractivity contribution is 0.0518. The van der Waals surface area contributed by atoms with Crippen LogP contribution in [0.3, 0.4) is 0 Å². The molecule has 0 aromatic heterocycles. The second kappa shape index (κ2) is 5.43. The van der Waals surface area contributed by atoms with Crippen LogP contribution < -0.4 is 0 Å². The van der Waals surface area contributed by atoms with E-state index in [9.17, 15) is 14.3 Å². The first kappa shape index (κ1) is 13.4. The van der Waals surface area contributed by atoms with Crippen molar-refractivity contribution in [1.29, 1.82) is 0 Å². The molecule has 0 spiro atoms. The van der Waals surface area contributed by atoms with Gasteiger partial charge in [-0.05, 0) is 42.9 Å². The molecule has 2 fully saturated rings. The van der Waals surface area contributed by atoms with Crippen LogP contribution in [0.2, 0.25) is 0 Å². The van der Waals surface area contributed by atoms with E-state index in [-0.39, 0.29) is 17.2 Å². The molecule has 1 aromatic carbocycles. The first-order valence-corrected chi connectivity index (χ1v) is 7.43. The molecule has 0 radical (unpaired) electrons. The molecule has 1 aromatic rings. The van der Waals surface area contributed by atoms with Crippen molar-refractivity contribution >= 4 is 5.91 Å². The second-order valence-electron chi connectivity index (χ2n) is 6.01. The molecule has 20 heavy (non-hydrogen) atoms. The Kier molecular flexibility index (Phi) is 3.64. The minimum Gasteiger partial charge on any atom is -0.507 e. The highest BCUT2D eigenvalue weighted by Gasteiger charge is 2.33. The zero-order valence-corrected chi connectivity index (χ0v) is 11.5. The van der Waals surface area contributed by atoms with Gasteiger partial charge in [-0.1, -0.05) is 19.3 Å². The number of hydrogen-bond acceptors (Lipinski definition) is 2. The van der Waals surface area contributed by atoms with Gasteiger partial charge in [0.25, 0.3) is 5.91 Å². The van der Waals surface area contributed by atoms with Crippen LogP contribution in [0.25, 0.3) is 0 Å². The maximum atomic E-state index is 13.3. The molecule has 1 amide bonds. The highest BCUT2D eigenvalue weighted by molar-refractivity contribution is 5.96. The number of rotatable bonds is 1. The van der Waals surface area contributed by atoms with Gasteiger partial charge < -0.3 is 10.0 Å². The van der Waals surface area contributed by atoms with Crippen LogP contribution in [0.15, 0.2) is 18.2 Å². The molecule has 1 aliphatic carbocycles. The lowest BCUT2D eigenvalue weighted by Crippen LogP contribution is -2.44. The third kappa shape index (κ3) is 2.51. The summed E-state index contributed by atoms with van der Waals surface area (Å²) in [5.41, 5.74) is 0.0826. The third-order valence-electron chi connectivity index (χ3n) is 4.77. The number of phenolic OH excluding ortho intramolecular Hbond substituents is 1. The molecule has 1 N–H and O–H groups in total. The average molecular weight is 277 g/mol. The second-order valence-corrected chi connectivity index (χ2v) is 6.01. The first-order valence-electron chi connectivity index (χ1n) is 7.43. The summed E-state index contributed by atoms with van der Waals surface area (Å²) in [6, 6.07) is 3.54. The van der Waals surface area contributed by atoms with Gasteiger partial charge in [-0.3, -0.25) is 4.79 Å². The highest BCUT2D eigenvalue weighted by Crippen LogP contribution is 2.36. The van der Waals surface area contributed by atoms with Crippen molar-refractivity contribution < 1.29 is 14.3 Å². The molecule has 2 unspecified atom stereocenters. The first-order chi connectivity index (χ1) is 9.65. The number of aromatic hydroxyl groups is 1. The van der Waals surface area contributed by atoms with Crippen LogP contribution in [0.1, 0.15) is 42.5 Å². The predicted molar refractivity (Wildman–Crippen MR) is 74.0 cm³/mol. The van der Waals surface area contributed by atoms with Crippen molar-refractivity contribution in [3.8, 4) is 5.75 Å². The Hall–Kier alpha value is -1.58. The number of likely N-dealkylation sites (tertiary alicyclic amines) is 1. The van der Waals surface area contributed by atoms with Crippen molar-refractivity contribution in [2.75, 3.05) is 13.1 Å². The molecule has 3 nitrogen and oxygen atoms in total. The topological polar surface area (TPSA) is 40.5 Å². The van der Waals surface area contributed by atoms with Crippen LogP contribution in [0, 0.1) is 17.7 Å². The van der Waals surface area contributed by atoms with Gasteiger partial charge in [0.15, 0.2) is 0 Å². The maximum absolute atomic E-state index is 13.3. The monoisotopic (exact) mass is 277 g/mol. The van der Waals surface area contributed by atoms with Crippen molar-refractivity contribution in [2.45, 2.75) is 32.1 Å². The Labute approximate surface area is 118 Å². The normalized spacial score (nSPS) is 26.1. The zero-order valence-electron chi connectivity index (χ0n) is 11.5. The number of halogens is 1. The van der Waals surface area contributed by atoms with Gasteiger partial charge in [0.05, 0.1) is 5.56 Å². The predicted octanol–water partition coefficient (Wildman–Crippen LogP) is 3.18. The lowest BCUT2D eigenvalue weighted by Gasteiger charge is -2.41. The number of nitrogens with zero attached hydrogens (tertiary/aromatic N) is 1. The lowest BCUT2D eigenvalue weighted by atomic mass is 9.75. The summed E-state index contributed by atoms with van der Waals surface area (Å²) in [4.78, 5) is 14.2. The molecule has 3 rings (SSSR count). The van der Waals surface area contributed by atoms with E-state index >= 15 is 0 Å². The number of hydrogen-bond donors (Lipinski definition) is 1. The Morgan fingerprint density at radius 1 is 1.20 bits per heavy atom. The molecule has 1 heterocycles. The smallest absolute Gasteiger partial charge is 0.257 e. The summed E-state index contributed by atoms with van der Waals surface area (Å²) in [5, 5.41) is 9.75. The summed E-state index contributed by atoms with van der Waals surface area (Å²) in [7, 11) is 0. The summed E-state index contributed by atoms with van der Waals surface area (Å²) >= 11 is 0. The molecule has 2 aliphatic rings. The Morgan fingerprint density at radius 2 is 1.95 bits per heavy atom. The Morgan fingerprint density at radius 3 is 2.75 bits per heavy atom. The fourth-order valence-electron chi connectivity index (χ4n) is 3.64. The standard InChI is InChI=1S/C16H20FNO2/c17-13-5-6-15(19)14(9-13)16(20)18-8-7-11-3-1-2-4-12(11)10-18/h5-6,9,11-12,19H,1-4,7-8,10H2. The van der Waals surface area contributed by atoms with E-state index in [4.69, 9.17) is 0 Å². The van der Waals surface area contributed by atoms with Crippen LogP contribution in [-0.2, 0) is 0 Å². The maximum Gasteiger partial charge on any atom is 0.257 e. The van der Waals surface area contributed by atoms with Crippen molar-refractivity contribution in [1.82, 2.24) is 4.90 Å². The zero-order chi connectivity index (χ0) is 14.1. The van der Waals surface area contributed by atoms with E-state index in [0.29, 0.717) is 5.92 Å². The van der Waals surface area contributed by atoms with Gasteiger partial charge in [0, 0.05) is 13.1 Å². The molecular weight excluding hydrogens is 257 g/mol. The number of benzene rings is 1. The van der Waals surface area contributed by atoms with E-state index in [1.54, 1.807) is 4.90 Å². The molecular formula is C16H20FNO2. The third-order valence-corrected chi connectivity index (χ3v) is 4.77. The molecule has 1 saturated heterocycles. The van der Waals surface area contributed by atoms with E-state index in [1.165, 1.54) is 37.8 Å². The minimum atomic E-state index is -0.487. The summed E-state index contributed by atoms with van der Waals surface area (Å²) < 4.78 is 13.3. The fourth-order valence-corrected chi connectivity index (χ4v) is 3.64. The quantitative estimate of drug-likeness (QED) is 0.856. The molecule has 1 saturated carbocycles. The summed E-state index contributed by atoms with van der Waals surface area (Å²) in [6.07, 6.45) is 6.04. The van der Waals surface area contributed by atoms with E-state index in [1.807, 2.05) is 0 Å². The van der Waals surface area contributed by atoms with Gasteiger partial charge in [0.2, 0.25) is 0 Å². The number of amides is 1. The number of carbonyl (C=O) groups is 1. The number of fused-ring (bicyclic) bond motifs is 1. The number of carbonyl (C=O) groups excluding carboxylic acids is 1. The van der Waals surface area contributed by atoms with Gasteiger partial charge in [-0.2, -0.15) is 0 Å². The fraction of sp³-hybridized carbons (Fsp3) is 0.562. The molecule has 108 valence electrons. The minimum absolute atomic E-state index is 0.0826. The molecule has 2 atom stereocenters. The number of piperidine rings is 1. The van der Waals surface area contributed by atoms with Crippen LogP contribution >= 0.6 is 0 Å². The van der Waals surface area contributed by atoms with Crippen molar-refractivity contribution in [3.05, 3.63) is 29.6 Å². The largest absolute Gasteiger partial charge is 0.507 e. The van der Waals surface area contributed by atoms with Crippen molar-refractivity contribution in [3.63, 3.8) is 0 Å². The molecule has 1 aliphatic heterocycles. The summed E-state index contributed by atoms with van der Waals surface area (Å²) in [5.74, 6) is 0.456. The van der Waals surface area contributed by atoms with Gasteiger partial charge >= 0.3 is 0 Å². The summed E-state index contributed by atoms with van der Waals surface area (Å²) in [6.45, 7) is 1.47. The Bertz CT molecular complexity index is 517. The van der Waals surface area contributed by atoms with Gasteiger partial charge in [-0.25, -0.2) is 4.39 Å². The number of phenols is 1. The van der Waals surface area contributed by atoms with E-state index in [2.05, 4.69) is 0 Å². The van der Waals surface area contributed by atoms with Crippen LogP contribution in [0.4, 0.5) is 4.39 Å².